The molecule has 2 aromatic carbocycles. The zero-order valence-electron chi connectivity index (χ0n) is 13.5. The molecule has 4 aromatic rings. The average Bonchev–Trinajstić information content (AvgIpc) is 3.00. The maximum Gasteiger partial charge on any atom is 0.154 e. The second-order valence-electron chi connectivity index (χ2n) is 5.96. The Hall–Kier alpha value is -2.65. The zero-order valence-corrected chi connectivity index (χ0v) is 14.2. The summed E-state index contributed by atoms with van der Waals surface area (Å²) in [6.45, 7) is 4.27. The summed E-state index contributed by atoms with van der Waals surface area (Å²) < 4.78 is 1.70. The molecule has 0 radical (unpaired) electrons. The summed E-state index contributed by atoms with van der Waals surface area (Å²) in [5.41, 5.74) is 7.78. The van der Waals surface area contributed by atoms with Gasteiger partial charge in [0.05, 0.1) is 11.9 Å². The quantitative estimate of drug-likeness (QED) is 0.496. The lowest BCUT2D eigenvalue weighted by Crippen LogP contribution is -1.88. The van der Waals surface area contributed by atoms with E-state index < -0.39 is 0 Å². The first-order chi connectivity index (χ1) is 11.6. The third kappa shape index (κ3) is 2.68. The highest BCUT2D eigenvalue weighted by atomic mass is 35.5. The molecule has 0 N–H and O–H groups in total. The molecular formula is C20H16ClN3. The van der Waals surface area contributed by atoms with Crippen molar-refractivity contribution in [3.05, 3.63) is 77.1 Å². The van der Waals surface area contributed by atoms with Crippen molar-refractivity contribution in [2.75, 3.05) is 0 Å². The first-order valence-corrected chi connectivity index (χ1v) is 8.18. The fourth-order valence-corrected chi connectivity index (χ4v) is 2.90. The number of halogens is 1. The molecule has 0 bridgehead atoms. The Morgan fingerprint density at radius 3 is 2.25 bits per heavy atom. The van der Waals surface area contributed by atoms with Crippen molar-refractivity contribution in [2.45, 2.75) is 13.8 Å². The van der Waals surface area contributed by atoms with Crippen LogP contribution in [0.5, 0.6) is 0 Å². The number of benzene rings is 2. The minimum atomic E-state index is 0.455. The Labute approximate surface area is 145 Å². The van der Waals surface area contributed by atoms with Crippen LogP contribution in [0.25, 0.3) is 28.0 Å². The Bertz CT molecular complexity index is 1030. The van der Waals surface area contributed by atoms with Crippen LogP contribution in [0.1, 0.15) is 11.1 Å². The number of nitrogens with zero attached hydrogens (tertiary/aromatic N) is 3. The van der Waals surface area contributed by atoms with E-state index in [1.807, 2.05) is 12.3 Å². The predicted molar refractivity (Wildman–Crippen MR) is 98.3 cm³/mol. The van der Waals surface area contributed by atoms with Crippen molar-refractivity contribution >= 4 is 17.2 Å². The van der Waals surface area contributed by atoms with E-state index in [1.54, 1.807) is 10.6 Å². The Balaban J connectivity index is 1.70. The smallest absolute Gasteiger partial charge is 0.154 e. The maximum absolute atomic E-state index is 5.93. The monoisotopic (exact) mass is 333 g/mol. The van der Waals surface area contributed by atoms with E-state index in [0.717, 1.165) is 16.9 Å². The summed E-state index contributed by atoms with van der Waals surface area (Å²) in [5, 5.41) is 4.68. The van der Waals surface area contributed by atoms with Crippen LogP contribution >= 0.6 is 11.6 Å². The van der Waals surface area contributed by atoms with E-state index in [9.17, 15) is 0 Å². The van der Waals surface area contributed by atoms with Crippen LogP contribution in [-0.2, 0) is 0 Å². The van der Waals surface area contributed by atoms with Gasteiger partial charge in [0.15, 0.2) is 5.65 Å². The van der Waals surface area contributed by atoms with Crippen molar-refractivity contribution in [2.24, 2.45) is 0 Å². The van der Waals surface area contributed by atoms with Crippen molar-refractivity contribution in [3.8, 4) is 22.4 Å². The minimum Gasteiger partial charge on any atom is -0.227 e. The lowest BCUT2D eigenvalue weighted by molar-refractivity contribution is 0.937. The number of rotatable bonds is 2. The first-order valence-electron chi connectivity index (χ1n) is 7.80. The number of aromatic nitrogens is 3. The Kier molecular flexibility index (Phi) is 3.58. The van der Waals surface area contributed by atoms with Gasteiger partial charge < -0.3 is 0 Å². The van der Waals surface area contributed by atoms with Gasteiger partial charge in [0.2, 0.25) is 0 Å². The van der Waals surface area contributed by atoms with Crippen LogP contribution < -0.4 is 0 Å². The van der Waals surface area contributed by atoms with Gasteiger partial charge in [-0.2, -0.15) is 5.10 Å². The molecule has 0 fully saturated rings. The molecule has 0 saturated carbocycles. The van der Waals surface area contributed by atoms with Crippen molar-refractivity contribution in [1.82, 2.24) is 14.6 Å². The van der Waals surface area contributed by atoms with Crippen molar-refractivity contribution in [3.63, 3.8) is 0 Å². The van der Waals surface area contributed by atoms with E-state index >= 15 is 0 Å². The van der Waals surface area contributed by atoms with Crippen LogP contribution in [0.3, 0.4) is 0 Å². The van der Waals surface area contributed by atoms with Gasteiger partial charge >= 0.3 is 0 Å². The van der Waals surface area contributed by atoms with E-state index in [4.69, 9.17) is 11.6 Å². The first kappa shape index (κ1) is 14.9. The summed E-state index contributed by atoms with van der Waals surface area (Å²) in [6, 6.07) is 18.6. The van der Waals surface area contributed by atoms with Crippen molar-refractivity contribution in [1.29, 1.82) is 0 Å². The van der Waals surface area contributed by atoms with Crippen molar-refractivity contribution < 1.29 is 0 Å². The molecule has 24 heavy (non-hydrogen) atoms. The molecule has 4 rings (SSSR count). The molecule has 0 unspecified atom stereocenters. The Morgan fingerprint density at radius 2 is 1.50 bits per heavy atom. The summed E-state index contributed by atoms with van der Waals surface area (Å²) in [4.78, 5) is 4.59. The van der Waals surface area contributed by atoms with E-state index in [0.29, 0.717) is 5.15 Å². The molecule has 0 amide bonds. The summed E-state index contributed by atoms with van der Waals surface area (Å²) >= 11 is 5.93. The topological polar surface area (TPSA) is 30.2 Å². The number of fused-ring (bicyclic) bond motifs is 1. The molecule has 3 nitrogen and oxygen atoms in total. The van der Waals surface area contributed by atoms with Gasteiger partial charge in [0, 0.05) is 5.56 Å². The van der Waals surface area contributed by atoms with Crippen LogP contribution in [-0.4, -0.2) is 14.6 Å². The van der Waals surface area contributed by atoms with Gasteiger partial charge in [-0.15, -0.1) is 0 Å². The van der Waals surface area contributed by atoms with Gasteiger partial charge in [-0.25, -0.2) is 9.50 Å². The largest absolute Gasteiger partial charge is 0.227 e. The van der Waals surface area contributed by atoms with Gasteiger partial charge in [-0.3, -0.25) is 0 Å². The molecule has 0 spiro atoms. The molecule has 0 aliphatic heterocycles. The highest BCUT2D eigenvalue weighted by Gasteiger charge is 2.06. The van der Waals surface area contributed by atoms with Crippen LogP contribution in [0.15, 0.2) is 60.8 Å². The van der Waals surface area contributed by atoms with Gasteiger partial charge in [0.1, 0.15) is 5.15 Å². The Morgan fingerprint density at radius 1 is 0.792 bits per heavy atom. The molecule has 0 aliphatic rings. The van der Waals surface area contributed by atoms with Gasteiger partial charge in [-0.1, -0.05) is 54.1 Å². The number of imidazole rings is 1. The van der Waals surface area contributed by atoms with E-state index in [2.05, 4.69) is 66.4 Å². The summed E-state index contributed by atoms with van der Waals surface area (Å²) in [7, 11) is 0. The molecule has 0 saturated heterocycles. The standard InChI is InChI=1S/C20H16ClN3/c1-13-3-4-17(11-14(13)2)15-5-7-16(8-6-15)18-12-24-20(22-18)10-9-19(21)23-24/h3-12H,1-2H3. The summed E-state index contributed by atoms with van der Waals surface area (Å²) in [6.07, 6.45) is 1.90. The number of aryl methyl sites for hydroxylation is 2. The normalized spacial score (nSPS) is 11.1. The van der Waals surface area contributed by atoms with Gasteiger partial charge in [0.25, 0.3) is 0 Å². The molecule has 118 valence electrons. The van der Waals surface area contributed by atoms with E-state index in [-0.39, 0.29) is 0 Å². The summed E-state index contributed by atoms with van der Waals surface area (Å²) in [5.74, 6) is 0. The minimum absolute atomic E-state index is 0.455. The zero-order chi connectivity index (χ0) is 16.7. The fourth-order valence-electron chi connectivity index (χ4n) is 2.75. The molecule has 0 atom stereocenters. The molecular weight excluding hydrogens is 318 g/mol. The lowest BCUT2D eigenvalue weighted by Gasteiger charge is -2.06. The fraction of sp³-hybridized carbons (Fsp3) is 0.100. The third-order valence-electron chi connectivity index (χ3n) is 4.31. The van der Waals surface area contributed by atoms with Crippen LogP contribution in [0, 0.1) is 13.8 Å². The third-order valence-corrected chi connectivity index (χ3v) is 4.51. The predicted octanol–water partition coefficient (Wildman–Crippen LogP) is 5.33. The van der Waals surface area contributed by atoms with Crippen LogP contribution in [0.2, 0.25) is 5.15 Å². The molecule has 0 aliphatic carbocycles. The molecule has 2 heterocycles. The second-order valence-corrected chi connectivity index (χ2v) is 6.35. The highest BCUT2D eigenvalue weighted by Crippen LogP contribution is 2.26. The average molecular weight is 334 g/mol. The number of hydrogen-bond acceptors (Lipinski definition) is 2. The van der Waals surface area contributed by atoms with E-state index in [1.165, 1.54) is 22.3 Å². The lowest BCUT2D eigenvalue weighted by atomic mass is 9.99. The second kappa shape index (κ2) is 5.77. The molecule has 2 aromatic heterocycles. The maximum atomic E-state index is 5.93. The molecule has 4 heteroatoms. The van der Waals surface area contributed by atoms with Gasteiger partial charge in [-0.05, 0) is 48.2 Å². The SMILES string of the molecule is Cc1ccc(-c2ccc(-c3cn4nc(Cl)ccc4n3)cc2)cc1C. The van der Waals surface area contributed by atoms with Crippen LogP contribution in [0.4, 0.5) is 0 Å². The highest BCUT2D eigenvalue weighted by molar-refractivity contribution is 6.29. The number of hydrogen-bond donors (Lipinski definition) is 0.